The fourth-order valence-corrected chi connectivity index (χ4v) is 5.17. The molecule has 1 saturated carbocycles. The fraction of sp³-hybridized carbons (Fsp3) is 0.417. The number of benzene rings is 2. The highest BCUT2D eigenvalue weighted by Crippen LogP contribution is 2.32. The number of nitrogens with one attached hydrogen (secondary N) is 3. The summed E-state index contributed by atoms with van der Waals surface area (Å²) in [4.78, 5) is 24.7. The molecule has 10 heteroatoms. The molecule has 0 aromatic heterocycles. The van der Waals surface area contributed by atoms with E-state index in [9.17, 15) is 18.0 Å². The van der Waals surface area contributed by atoms with Gasteiger partial charge in [0, 0.05) is 36.3 Å². The number of ether oxygens (including phenoxy) is 2. The van der Waals surface area contributed by atoms with Crippen LogP contribution in [0.2, 0.25) is 0 Å². The first-order valence-electron chi connectivity index (χ1n) is 11.5. The van der Waals surface area contributed by atoms with Crippen LogP contribution in [0.1, 0.15) is 42.5 Å². The number of fused-ring (bicyclic) bond motifs is 1. The van der Waals surface area contributed by atoms with Gasteiger partial charge in [-0.3, -0.25) is 14.3 Å². The highest BCUT2D eigenvalue weighted by atomic mass is 32.2. The lowest BCUT2D eigenvalue weighted by atomic mass is 9.89. The van der Waals surface area contributed by atoms with Crippen LogP contribution >= 0.6 is 0 Å². The molecule has 0 saturated heterocycles. The van der Waals surface area contributed by atoms with Gasteiger partial charge in [-0.2, -0.15) is 0 Å². The minimum absolute atomic E-state index is 0.0281. The maximum absolute atomic E-state index is 12.8. The molecule has 9 nitrogen and oxygen atoms in total. The van der Waals surface area contributed by atoms with E-state index in [1.165, 1.54) is 24.6 Å². The van der Waals surface area contributed by atoms with E-state index in [2.05, 4.69) is 15.4 Å². The lowest BCUT2D eigenvalue weighted by molar-refractivity contribution is -0.125. The molecule has 0 spiro atoms. The van der Waals surface area contributed by atoms with Crippen LogP contribution in [0.25, 0.3) is 0 Å². The van der Waals surface area contributed by atoms with Gasteiger partial charge in [0.15, 0.2) is 11.5 Å². The molecule has 1 aliphatic carbocycles. The number of hydrogen-bond donors (Lipinski definition) is 3. The van der Waals surface area contributed by atoms with Crippen LogP contribution < -0.4 is 24.8 Å². The predicted octanol–water partition coefficient (Wildman–Crippen LogP) is 2.68. The van der Waals surface area contributed by atoms with Crippen LogP contribution in [-0.2, 0) is 14.8 Å². The Hall–Kier alpha value is -3.27. The Morgan fingerprint density at radius 2 is 1.62 bits per heavy atom. The Balaban J connectivity index is 1.31. The van der Waals surface area contributed by atoms with Crippen LogP contribution in [0, 0.1) is 5.92 Å². The zero-order valence-electron chi connectivity index (χ0n) is 18.8. The maximum atomic E-state index is 12.8. The van der Waals surface area contributed by atoms with Crippen LogP contribution in [0.3, 0.4) is 0 Å². The quantitative estimate of drug-likeness (QED) is 0.492. The van der Waals surface area contributed by atoms with Crippen molar-refractivity contribution in [3.05, 3.63) is 48.0 Å². The number of carbonyl (C=O) groups excluding carboxylic acids is 2. The largest absolute Gasteiger partial charge is 0.486 e. The zero-order chi connectivity index (χ0) is 24.0. The normalized spacial score (nSPS) is 15.9. The molecule has 0 atom stereocenters. The third kappa shape index (κ3) is 5.99. The molecule has 0 unspecified atom stereocenters. The molecule has 2 aromatic carbocycles. The van der Waals surface area contributed by atoms with Crippen molar-refractivity contribution in [2.45, 2.75) is 37.0 Å². The second-order valence-corrected chi connectivity index (χ2v) is 10.1. The van der Waals surface area contributed by atoms with E-state index in [4.69, 9.17) is 9.47 Å². The standard InChI is InChI=1S/C24H29N3O6S/c28-23(17-5-2-1-3-6-17)25-11-12-26-24(29)18-7-4-8-19(15-18)27-34(30,31)20-9-10-21-22(16-20)33-14-13-32-21/h4,7-10,15-17,27H,1-3,5-6,11-14H2,(H,25,28)(H,26,29). The van der Waals surface area contributed by atoms with E-state index < -0.39 is 10.0 Å². The summed E-state index contributed by atoms with van der Waals surface area (Å²) in [5, 5.41) is 5.63. The summed E-state index contributed by atoms with van der Waals surface area (Å²) in [7, 11) is -3.90. The predicted molar refractivity (Wildman–Crippen MR) is 127 cm³/mol. The molecular weight excluding hydrogens is 458 g/mol. The summed E-state index contributed by atoms with van der Waals surface area (Å²) in [5.41, 5.74) is 0.564. The van der Waals surface area contributed by atoms with Crippen molar-refractivity contribution < 1.29 is 27.5 Å². The summed E-state index contributed by atoms with van der Waals surface area (Å²) in [6.45, 7) is 1.40. The van der Waals surface area contributed by atoms with Crippen molar-refractivity contribution in [1.29, 1.82) is 0 Å². The molecule has 34 heavy (non-hydrogen) atoms. The number of sulfonamides is 1. The van der Waals surface area contributed by atoms with Crippen LogP contribution in [-0.4, -0.2) is 46.5 Å². The molecule has 2 aromatic rings. The molecule has 1 heterocycles. The second-order valence-electron chi connectivity index (χ2n) is 8.37. The maximum Gasteiger partial charge on any atom is 0.262 e. The Labute approximate surface area is 199 Å². The number of hydrogen-bond acceptors (Lipinski definition) is 6. The topological polar surface area (TPSA) is 123 Å². The van der Waals surface area contributed by atoms with E-state index in [0.29, 0.717) is 36.8 Å². The lowest BCUT2D eigenvalue weighted by Gasteiger charge is -2.20. The van der Waals surface area contributed by atoms with E-state index >= 15 is 0 Å². The molecule has 1 fully saturated rings. The second kappa shape index (κ2) is 10.8. The van der Waals surface area contributed by atoms with Gasteiger partial charge in [0.1, 0.15) is 13.2 Å². The van der Waals surface area contributed by atoms with Crippen molar-refractivity contribution in [2.24, 2.45) is 5.92 Å². The van der Waals surface area contributed by atoms with Crippen molar-refractivity contribution in [3.63, 3.8) is 0 Å². The Morgan fingerprint density at radius 1 is 0.882 bits per heavy atom. The first-order chi connectivity index (χ1) is 16.4. The highest BCUT2D eigenvalue weighted by Gasteiger charge is 2.21. The third-order valence-electron chi connectivity index (χ3n) is 5.89. The molecule has 2 amide bonds. The first kappa shape index (κ1) is 23.9. The molecule has 0 radical (unpaired) electrons. The van der Waals surface area contributed by atoms with Crippen molar-refractivity contribution >= 4 is 27.5 Å². The Morgan fingerprint density at radius 3 is 2.41 bits per heavy atom. The van der Waals surface area contributed by atoms with Crippen molar-refractivity contribution in [2.75, 3.05) is 31.0 Å². The molecule has 1 aliphatic heterocycles. The summed E-state index contributed by atoms with van der Waals surface area (Å²) < 4.78 is 39.0. The summed E-state index contributed by atoms with van der Waals surface area (Å²) in [6, 6.07) is 10.6. The van der Waals surface area contributed by atoms with Gasteiger partial charge in [0.2, 0.25) is 5.91 Å². The van der Waals surface area contributed by atoms with E-state index in [0.717, 1.165) is 25.7 Å². The lowest BCUT2D eigenvalue weighted by Crippen LogP contribution is -2.38. The molecule has 4 rings (SSSR count). The van der Waals surface area contributed by atoms with Crippen molar-refractivity contribution in [3.8, 4) is 11.5 Å². The van der Waals surface area contributed by atoms with Crippen LogP contribution in [0.4, 0.5) is 5.69 Å². The third-order valence-corrected chi connectivity index (χ3v) is 7.27. The Bertz CT molecular complexity index is 1150. The minimum atomic E-state index is -3.90. The average Bonchev–Trinajstić information content (AvgIpc) is 2.86. The number of carbonyl (C=O) groups is 2. The highest BCUT2D eigenvalue weighted by molar-refractivity contribution is 7.92. The van der Waals surface area contributed by atoms with Gasteiger partial charge in [-0.15, -0.1) is 0 Å². The summed E-state index contributed by atoms with van der Waals surface area (Å²) in [6.07, 6.45) is 5.21. The summed E-state index contributed by atoms with van der Waals surface area (Å²) >= 11 is 0. The zero-order valence-corrected chi connectivity index (χ0v) is 19.7. The van der Waals surface area contributed by atoms with Gasteiger partial charge in [-0.1, -0.05) is 25.3 Å². The van der Waals surface area contributed by atoms with E-state index in [1.54, 1.807) is 24.3 Å². The van der Waals surface area contributed by atoms with Gasteiger partial charge in [0.25, 0.3) is 15.9 Å². The van der Waals surface area contributed by atoms with Gasteiger partial charge in [0.05, 0.1) is 4.90 Å². The minimum Gasteiger partial charge on any atom is -0.486 e. The summed E-state index contributed by atoms with van der Waals surface area (Å²) in [5.74, 6) is 0.636. The van der Waals surface area contributed by atoms with E-state index in [-0.39, 0.29) is 34.9 Å². The number of rotatable bonds is 8. The number of anilines is 1. The van der Waals surface area contributed by atoms with Crippen molar-refractivity contribution in [1.82, 2.24) is 10.6 Å². The van der Waals surface area contributed by atoms with Crippen LogP contribution in [0.5, 0.6) is 11.5 Å². The number of amides is 2. The van der Waals surface area contributed by atoms with E-state index in [1.807, 2.05) is 0 Å². The average molecular weight is 488 g/mol. The molecule has 3 N–H and O–H groups in total. The first-order valence-corrected chi connectivity index (χ1v) is 13.0. The SMILES string of the molecule is O=C(NCCNC(=O)C1CCCCC1)c1cccc(NS(=O)(=O)c2ccc3c(c2)OCCO3)c1. The fourth-order valence-electron chi connectivity index (χ4n) is 4.10. The monoisotopic (exact) mass is 487 g/mol. The molecular formula is C24H29N3O6S. The smallest absolute Gasteiger partial charge is 0.262 e. The van der Waals surface area contributed by atoms with Gasteiger partial charge >= 0.3 is 0 Å². The van der Waals surface area contributed by atoms with Crippen LogP contribution in [0.15, 0.2) is 47.4 Å². The molecule has 2 aliphatic rings. The van der Waals surface area contributed by atoms with Gasteiger partial charge in [-0.25, -0.2) is 8.42 Å². The molecule has 182 valence electrons. The molecule has 0 bridgehead atoms. The Kier molecular flexibility index (Phi) is 7.56. The van der Waals surface area contributed by atoms with Gasteiger partial charge in [-0.05, 0) is 43.2 Å². The van der Waals surface area contributed by atoms with Gasteiger partial charge < -0.3 is 20.1 Å².